The summed E-state index contributed by atoms with van der Waals surface area (Å²) in [5.41, 5.74) is 2.29. The summed E-state index contributed by atoms with van der Waals surface area (Å²) in [6, 6.07) is 5.79. The molecule has 5 nitrogen and oxygen atoms in total. The second kappa shape index (κ2) is 4.91. The van der Waals surface area contributed by atoms with E-state index in [9.17, 15) is 9.59 Å². The van der Waals surface area contributed by atoms with Crippen molar-refractivity contribution in [3.8, 4) is 0 Å². The van der Waals surface area contributed by atoms with Gasteiger partial charge in [-0.25, -0.2) is 0 Å². The summed E-state index contributed by atoms with van der Waals surface area (Å²) in [7, 11) is 1.80. The Bertz CT molecular complexity index is 711. The zero-order valence-corrected chi connectivity index (χ0v) is 12.5. The molecule has 0 saturated heterocycles. The van der Waals surface area contributed by atoms with Gasteiger partial charge in [0.15, 0.2) is 5.78 Å². The number of rotatable bonds is 2. The largest absolute Gasteiger partial charge is 0.348 e. The van der Waals surface area contributed by atoms with Gasteiger partial charge in [0.2, 0.25) is 0 Å². The lowest BCUT2D eigenvalue weighted by Gasteiger charge is -2.35. The Kier molecular flexibility index (Phi) is 3.20. The first-order chi connectivity index (χ1) is 9.99. The number of Topliss-reactive ketones (excluding diaryl/α,β-unsaturated/α-hetero) is 1. The van der Waals surface area contributed by atoms with Crippen LogP contribution in [0.1, 0.15) is 46.4 Å². The highest BCUT2D eigenvalue weighted by molar-refractivity contribution is 5.99. The molecule has 0 spiro atoms. The van der Waals surface area contributed by atoms with E-state index in [1.807, 2.05) is 24.1 Å². The summed E-state index contributed by atoms with van der Waals surface area (Å²) in [6.45, 7) is 5.04. The Morgan fingerprint density at radius 3 is 2.71 bits per heavy atom. The molecular formula is C16H19N3O2. The van der Waals surface area contributed by atoms with Gasteiger partial charge in [-0.15, -0.1) is 0 Å². The molecule has 0 aliphatic carbocycles. The first-order valence-electron chi connectivity index (χ1n) is 7.12. The SMILES string of the molecule is CC(=O)c1cc(C(=O)N2CCn3cccc3C2C)n(C)c1. The molecule has 0 radical (unpaired) electrons. The number of hydrogen-bond donors (Lipinski definition) is 0. The topological polar surface area (TPSA) is 47.2 Å². The number of hydrogen-bond acceptors (Lipinski definition) is 2. The van der Waals surface area contributed by atoms with Crippen LogP contribution in [0.15, 0.2) is 30.6 Å². The van der Waals surface area contributed by atoms with E-state index in [2.05, 4.69) is 10.6 Å². The molecule has 2 aromatic heterocycles. The van der Waals surface area contributed by atoms with Crippen molar-refractivity contribution in [2.75, 3.05) is 6.54 Å². The Morgan fingerprint density at radius 2 is 2.05 bits per heavy atom. The number of carbonyl (C=O) groups is 2. The van der Waals surface area contributed by atoms with E-state index >= 15 is 0 Å². The van der Waals surface area contributed by atoms with Gasteiger partial charge in [0, 0.05) is 43.8 Å². The average molecular weight is 285 g/mol. The lowest BCUT2D eigenvalue weighted by molar-refractivity contribution is 0.0634. The molecule has 1 aliphatic heterocycles. The molecule has 5 heteroatoms. The summed E-state index contributed by atoms with van der Waals surface area (Å²) >= 11 is 0. The van der Waals surface area contributed by atoms with Crippen LogP contribution in [0.5, 0.6) is 0 Å². The third-order valence-corrected chi connectivity index (χ3v) is 4.23. The van der Waals surface area contributed by atoms with Crippen molar-refractivity contribution in [3.63, 3.8) is 0 Å². The van der Waals surface area contributed by atoms with Crippen molar-refractivity contribution in [2.45, 2.75) is 26.4 Å². The average Bonchev–Trinajstić information content (AvgIpc) is 3.05. The van der Waals surface area contributed by atoms with E-state index < -0.39 is 0 Å². The quantitative estimate of drug-likeness (QED) is 0.795. The van der Waals surface area contributed by atoms with Gasteiger partial charge in [0.25, 0.3) is 5.91 Å². The van der Waals surface area contributed by atoms with Gasteiger partial charge < -0.3 is 14.0 Å². The second-order valence-electron chi connectivity index (χ2n) is 5.58. The first kappa shape index (κ1) is 13.7. The summed E-state index contributed by atoms with van der Waals surface area (Å²) in [4.78, 5) is 26.1. The van der Waals surface area contributed by atoms with Crippen LogP contribution in [-0.4, -0.2) is 32.3 Å². The lowest BCUT2D eigenvalue weighted by Crippen LogP contribution is -2.41. The van der Waals surface area contributed by atoms with E-state index in [1.165, 1.54) is 6.92 Å². The monoisotopic (exact) mass is 285 g/mol. The number of aryl methyl sites for hydroxylation is 1. The van der Waals surface area contributed by atoms with Crippen LogP contribution in [0.25, 0.3) is 0 Å². The molecule has 0 saturated carbocycles. The van der Waals surface area contributed by atoms with E-state index in [-0.39, 0.29) is 17.7 Å². The molecule has 1 amide bonds. The van der Waals surface area contributed by atoms with E-state index in [0.29, 0.717) is 17.8 Å². The molecule has 110 valence electrons. The van der Waals surface area contributed by atoms with Crippen molar-refractivity contribution < 1.29 is 9.59 Å². The molecular weight excluding hydrogens is 266 g/mol. The Morgan fingerprint density at radius 1 is 1.29 bits per heavy atom. The number of nitrogens with zero attached hydrogens (tertiary/aromatic N) is 3. The van der Waals surface area contributed by atoms with E-state index in [4.69, 9.17) is 0 Å². The van der Waals surface area contributed by atoms with Crippen LogP contribution < -0.4 is 0 Å². The van der Waals surface area contributed by atoms with Crippen molar-refractivity contribution >= 4 is 11.7 Å². The zero-order valence-electron chi connectivity index (χ0n) is 12.5. The highest BCUT2D eigenvalue weighted by atomic mass is 16.2. The fourth-order valence-electron chi connectivity index (χ4n) is 2.97. The predicted molar refractivity (Wildman–Crippen MR) is 79.3 cm³/mol. The number of amides is 1. The molecule has 0 bridgehead atoms. The Labute approximate surface area is 123 Å². The third kappa shape index (κ3) is 2.18. The molecule has 1 atom stereocenters. The van der Waals surface area contributed by atoms with Crippen LogP contribution >= 0.6 is 0 Å². The maximum absolute atomic E-state index is 12.8. The van der Waals surface area contributed by atoms with Crippen LogP contribution in [0.3, 0.4) is 0 Å². The van der Waals surface area contributed by atoms with Gasteiger partial charge in [-0.3, -0.25) is 9.59 Å². The summed E-state index contributed by atoms with van der Waals surface area (Å²) in [5.74, 6) is -0.0461. The van der Waals surface area contributed by atoms with Crippen LogP contribution in [0, 0.1) is 0 Å². The minimum Gasteiger partial charge on any atom is -0.348 e. The van der Waals surface area contributed by atoms with Crippen molar-refractivity contribution in [1.82, 2.24) is 14.0 Å². The van der Waals surface area contributed by atoms with Crippen LogP contribution in [-0.2, 0) is 13.6 Å². The molecule has 0 N–H and O–H groups in total. The first-order valence-corrected chi connectivity index (χ1v) is 7.12. The fourth-order valence-corrected chi connectivity index (χ4v) is 2.97. The molecule has 0 aromatic carbocycles. The summed E-state index contributed by atoms with van der Waals surface area (Å²) < 4.78 is 3.92. The second-order valence-corrected chi connectivity index (χ2v) is 5.58. The molecule has 3 rings (SSSR count). The molecule has 3 heterocycles. The Balaban J connectivity index is 1.91. The van der Waals surface area contributed by atoms with Crippen molar-refractivity contribution in [1.29, 1.82) is 0 Å². The minimum atomic E-state index is -0.0232. The standard InChI is InChI=1S/C16H19N3O2/c1-11-14-5-4-6-18(14)7-8-19(11)16(21)15-9-13(12(2)20)10-17(15)3/h4-6,9-11H,7-8H2,1-3H3. The van der Waals surface area contributed by atoms with Gasteiger partial charge in [-0.05, 0) is 32.0 Å². The van der Waals surface area contributed by atoms with Gasteiger partial charge >= 0.3 is 0 Å². The van der Waals surface area contributed by atoms with Crippen LogP contribution in [0.2, 0.25) is 0 Å². The maximum atomic E-state index is 12.8. The van der Waals surface area contributed by atoms with Gasteiger partial charge in [-0.2, -0.15) is 0 Å². The van der Waals surface area contributed by atoms with E-state index in [1.54, 1.807) is 23.9 Å². The van der Waals surface area contributed by atoms with Gasteiger partial charge in [0.1, 0.15) is 5.69 Å². The highest BCUT2D eigenvalue weighted by Gasteiger charge is 2.29. The summed E-state index contributed by atoms with van der Waals surface area (Å²) in [5, 5.41) is 0. The van der Waals surface area contributed by atoms with Gasteiger partial charge in [-0.1, -0.05) is 0 Å². The summed E-state index contributed by atoms with van der Waals surface area (Å²) in [6.07, 6.45) is 3.76. The van der Waals surface area contributed by atoms with E-state index in [0.717, 1.165) is 12.2 Å². The number of ketones is 1. The maximum Gasteiger partial charge on any atom is 0.271 e. The highest BCUT2D eigenvalue weighted by Crippen LogP contribution is 2.27. The number of carbonyl (C=O) groups excluding carboxylic acids is 2. The number of aromatic nitrogens is 2. The molecule has 2 aromatic rings. The van der Waals surface area contributed by atoms with Crippen molar-refractivity contribution in [2.24, 2.45) is 7.05 Å². The molecule has 1 aliphatic rings. The zero-order chi connectivity index (χ0) is 15.1. The normalized spacial score (nSPS) is 17.7. The molecule has 1 unspecified atom stereocenters. The Hall–Kier alpha value is -2.30. The number of fused-ring (bicyclic) bond motifs is 1. The smallest absolute Gasteiger partial charge is 0.271 e. The minimum absolute atomic E-state index is 0.0229. The molecule has 0 fully saturated rings. The molecule has 21 heavy (non-hydrogen) atoms. The van der Waals surface area contributed by atoms with Crippen LogP contribution in [0.4, 0.5) is 0 Å². The van der Waals surface area contributed by atoms with Crippen molar-refractivity contribution in [3.05, 3.63) is 47.5 Å². The third-order valence-electron chi connectivity index (χ3n) is 4.23. The lowest BCUT2D eigenvalue weighted by atomic mass is 10.1. The fraction of sp³-hybridized carbons (Fsp3) is 0.375. The predicted octanol–water partition coefficient (Wildman–Crippen LogP) is 2.25. The van der Waals surface area contributed by atoms with Gasteiger partial charge in [0.05, 0.1) is 6.04 Å².